The van der Waals surface area contributed by atoms with E-state index in [1.165, 1.54) is 19.3 Å². The average molecular weight is 420 g/mol. The minimum atomic E-state index is -0.0977. The van der Waals surface area contributed by atoms with Crippen molar-refractivity contribution in [1.82, 2.24) is 10.2 Å². The van der Waals surface area contributed by atoms with E-state index in [4.69, 9.17) is 5.73 Å². The first-order chi connectivity index (χ1) is 13.5. The topological polar surface area (TPSA) is 75.4 Å². The molecule has 2 amide bonds. The van der Waals surface area contributed by atoms with Crippen LogP contribution in [0.25, 0.3) is 0 Å². The van der Waals surface area contributed by atoms with Crippen molar-refractivity contribution in [3.63, 3.8) is 0 Å². The minimum absolute atomic E-state index is 0. The molecule has 6 heteroatoms. The van der Waals surface area contributed by atoms with Crippen LogP contribution in [0.15, 0.2) is 24.3 Å². The van der Waals surface area contributed by atoms with E-state index in [1.54, 1.807) is 0 Å². The van der Waals surface area contributed by atoms with Gasteiger partial charge in [0, 0.05) is 30.7 Å². The summed E-state index contributed by atoms with van der Waals surface area (Å²) in [4.78, 5) is 27.8. The Morgan fingerprint density at radius 1 is 1.03 bits per heavy atom. The third kappa shape index (κ3) is 4.95. The molecule has 1 heterocycles. The fourth-order valence-electron chi connectivity index (χ4n) is 5.56. The first-order valence-corrected chi connectivity index (χ1v) is 10.9. The van der Waals surface area contributed by atoms with Gasteiger partial charge in [0.25, 0.3) is 5.91 Å². The number of rotatable bonds is 3. The standard InChI is InChI=1S/C23H33N3O2.ClH/c1-15-7-9-16(10-8-15)23(28)26-11-3-6-19(14-26)22(27)25-21-17-4-2-5-18(21)13-20(24)12-17;/h7-10,17-21H,2-6,11-14,24H2,1H3,(H,25,27);1H. The molecule has 2 bridgehead atoms. The monoisotopic (exact) mass is 419 g/mol. The number of piperidine rings is 1. The van der Waals surface area contributed by atoms with Crippen LogP contribution in [0.5, 0.6) is 0 Å². The lowest BCUT2D eigenvalue weighted by atomic mass is 9.67. The number of carbonyl (C=O) groups is 2. The van der Waals surface area contributed by atoms with Crippen molar-refractivity contribution in [3.8, 4) is 0 Å². The third-order valence-corrected chi connectivity index (χ3v) is 7.06. The van der Waals surface area contributed by atoms with Gasteiger partial charge in [-0.05, 0) is 69.4 Å². The van der Waals surface area contributed by atoms with Gasteiger partial charge in [-0.15, -0.1) is 12.4 Å². The number of likely N-dealkylation sites (tertiary alicyclic amines) is 1. The molecule has 3 atom stereocenters. The van der Waals surface area contributed by atoms with E-state index in [9.17, 15) is 9.59 Å². The summed E-state index contributed by atoms with van der Waals surface area (Å²) in [7, 11) is 0. The number of halogens is 1. The molecule has 3 N–H and O–H groups in total. The molecule has 0 aromatic heterocycles. The highest BCUT2D eigenvalue weighted by Crippen LogP contribution is 2.40. The number of nitrogens with one attached hydrogen (secondary N) is 1. The molecule has 1 aliphatic heterocycles. The second-order valence-corrected chi connectivity index (χ2v) is 9.17. The Morgan fingerprint density at radius 3 is 2.34 bits per heavy atom. The van der Waals surface area contributed by atoms with Gasteiger partial charge in [-0.2, -0.15) is 0 Å². The zero-order chi connectivity index (χ0) is 19.7. The molecule has 4 rings (SSSR count). The van der Waals surface area contributed by atoms with Crippen LogP contribution in [0.4, 0.5) is 0 Å². The second-order valence-electron chi connectivity index (χ2n) is 9.17. The van der Waals surface area contributed by atoms with Gasteiger partial charge in [0.05, 0.1) is 5.92 Å². The molecular weight excluding hydrogens is 386 g/mol. The van der Waals surface area contributed by atoms with E-state index in [-0.39, 0.29) is 36.2 Å². The Balaban J connectivity index is 0.00000240. The van der Waals surface area contributed by atoms with Gasteiger partial charge in [-0.1, -0.05) is 24.1 Å². The summed E-state index contributed by atoms with van der Waals surface area (Å²) < 4.78 is 0. The summed E-state index contributed by atoms with van der Waals surface area (Å²) in [6, 6.07) is 8.27. The van der Waals surface area contributed by atoms with Crippen LogP contribution in [0.3, 0.4) is 0 Å². The van der Waals surface area contributed by atoms with Gasteiger partial charge >= 0.3 is 0 Å². The van der Waals surface area contributed by atoms with Crippen molar-refractivity contribution < 1.29 is 9.59 Å². The molecule has 5 nitrogen and oxygen atoms in total. The van der Waals surface area contributed by atoms with E-state index in [2.05, 4.69) is 5.32 Å². The first kappa shape index (κ1) is 22.1. The van der Waals surface area contributed by atoms with Gasteiger partial charge < -0.3 is 16.0 Å². The van der Waals surface area contributed by atoms with Crippen molar-refractivity contribution in [2.24, 2.45) is 23.5 Å². The summed E-state index contributed by atoms with van der Waals surface area (Å²) in [5.41, 5.74) is 8.07. The van der Waals surface area contributed by atoms with Crippen LogP contribution in [0.1, 0.15) is 60.9 Å². The summed E-state index contributed by atoms with van der Waals surface area (Å²) in [5.74, 6) is 1.14. The van der Waals surface area contributed by atoms with Gasteiger partial charge in [0.2, 0.25) is 5.91 Å². The number of aryl methyl sites for hydroxylation is 1. The quantitative estimate of drug-likeness (QED) is 0.789. The molecule has 2 saturated carbocycles. The predicted octanol–water partition coefficient (Wildman–Crippen LogP) is 3.29. The largest absolute Gasteiger partial charge is 0.353 e. The van der Waals surface area contributed by atoms with Crippen LogP contribution >= 0.6 is 12.4 Å². The smallest absolute Gasteiger partial charge is 0.253 e. The van der Waals surface area contributed by atoms with E-state index in [1.807, 2.05) is 36.1 Å². The number of nitrogens with two attached hydrogens (primary N) is 1. The zero-order valence-corrected chi connectivity index (χ0v) is 18.1. The van der Waals surface area contributed by atoms with Crippen molar-refractivity contribution >= 4 is 24.2 Å². The highest BCUT2D eigenvalue weighted by molar-refractivity contribution is 5.94. The normalized spacial score (nSPS) is 31.5. The summed E-state index contributed by atoms with van der Waals surface area (Å²) in [5, 5.41) is 3.39. The van der Waals surface area contributed by atoms with Gasteiger partial charge in [0.15, 0.2) is 0 Å². The van der Waals surface area contributed by atoms with Gasteiger partial charge in [-0.25, -0.2) is 0 Å². The molecular formula is C23H34ClN3O2. The molecule has 29 heavy (non-hydrogen) atoms. The molecule has 160 valence electrons. The number of nitrogens with zero attached hydrogens (tertiary/aromatic N) is 1. The molecule has 1 saturated heterocycles. The number of fused-ring (bicyclic) bond motifs is 2. The van der Waals surface area contributed by atoms with Crippen LogP contribution < -0.4 is 11.1 Å². The molecule has 3 fully saturated rings. The van der Waals surface area contributed by atoms with E-state index < -0.39 is 0 Å². The number of benzene rings is 1. The number of hydrogen-bond acceptors (Lipinski definition) is 3. The molecule has 1 aromatic carbocycles. The lowest BCUT2D eigenvalue weighted by Crippen LogP contribution is -2.56. The molecule has 0 radical (unpaired) electrons. The summed E-state index contributed by atoms with van der Waals surface area (Å²) in [6.07, 6.45) is 7.43. The lowest BCUT2D eigenvalue weighted by Gasteiger charge is -2.46. The van der Waals surface area contributed by atoms with Crippen molar-refractivity contribution in [1.29, 1.82) is 0 Å². The maximum absolute atomic E-state index is 13.0. The van der Waals surface area contributed by atoms with Crippen molar-refractivity contribution in [2.75, 3.05) is 13.1 Å². The first-order valence-electron chi connectivity index (χ1n) is 10.9. The average Bonchev–Trinajstić information content (AvgIpc) is 2.69. The Labute approximate surface area is 180 Å². The maximum atomic E-state index is 13.0. The Kier molecular flexibility index (Phi) is 7.23. The van der Waals surface area contributed by atoms with E-state index >= 15 is 0 Å². The molecule has 3 unspecified atom stereocenters. The van der Waals surface area contributed by atoms with E-state index in [0.717, 1.165) is 37.8 Å². The fourth-order valence-corrected chi connectivity index (χ4v) is 5.56. The molecule has 3 aliphatic rings. The van der Waals surface area contributed by atoms with Crippen LogP contribution in [0, 0.1) is 24.7 Å². The second kappa shape index (κ2) is 9.48. The van der Waals surface area contributed by atoms with Crippen LogP contribution in [0.2, 0.25) is 0 Å². The number of amides is 2. The molecule has 0 spiro atoms. The highest BCUT2D eigenvalue weighted by atomic mass is 35.5. The Morgan fingerprint density at radius 2 is 1.69 bits per heavy atom. The number of hydrogen-bond donors (Lipinski definition) is 2. The van der Waals surface area contributed by atoms with E-state index in [0.29, 0.717) is 30.0 Å². The number of carbonyl (C=O) groups excluding carboxylic acids is 2. The Bertz CT molecular complexity index is 709. The van der Waals surface area contributed by atoms with Crippen molar-refractivity contribution in [3.05, 3.63) is 35.4 Å². The SMILES string of the molecule is Cc1ccc(C(=O)N2CCCC(C(=O)NC3C4CCCC3CC(N)C4)C2)cc1.Cl. The molecule has 2 aliphatic carbocycles. The van der Waals surface area contributed by atoms with Crippen LogP contribution in [-0.4, -0.2) is 41.9 Å². The third-order valence-electron chi connectivity index (χ3n) is 7.06. The predicted molar refractivity (Wildman–Crippen MR) is 117 cm³/mol. The lowest BCUT2D eigenvalue weighted by molar-refractivity contribution is -0.128. The van der Waals surface area contributed by atoms with Gasteiger partial charge in [0.1, 0.15) is 0 Å². The zero-order valence-electron chi connectivity index (χ0n) is 17.3. The minimum Gasteiger partial charge on any atom is -0.353 e. The molecule has 1 aromatic rings. The summed E-state index contributed by atoms with van der Waals surface area (Å²) >= 11 is 0. The van der Waals surface area contributed by atoms with Gasteiger partial charge in [-0.3, -0.25) is 9.59 Å². The fraction of sp³-hybridized carbons (Fsp3) is 0.652. The van der Waals surface area contributed by atoms with Crippen molar-refractivity contribution in [2.45, 2.75) is 64.0 Å². The highest BCUT2D eigenvalue weighted by Gasteiger charge is 2.41. The maximum Gasteiger partial charge on any atom is 0.253 e. The Hall–Kier alpha value is -1.59. The van der Waals surface area contributed by atoms with Crippen LogP contribution in [-0.2, 0) is 4.79 Å². The summed E-state index contributed by atoms with van der Waals surface area (Å²) in [6.45, 7) is 3.28.